The number of unbranched alkanes of at least 4 members (excludes halogenated alkanes) is 1. The van der Waals surface area contributed by atoms with Gasteiger partial charge in [-0.3, -0.25) is 4.79 Å². The summed E-state index contributed by atoms with van der Waals surface area (Å²) in [6.45, 7) is 3.26. The van der Waals surface area contributed by atoms with Crippen molar-refractivity contribution < 1.29 is 4.79 Å². The molecule has 0 heterocycles. The lowest BCUT2D eigenvalue weighted by Gasteiger charge is -2.26. The number of halogens is 1. The van der Waals surface area contributed by atoms with Crippen LogP contribution in [0.15, 0.2) is 22.7 Å². The Morgan fingerprint density at radius 3 is 2.82 bits per heavy atom. The molecule has 3 heteroatoms. The molecule has 2 rings (SSSR count). The van der Waals surface area contributed by atoms with Crippen molar-refractivity contribution >= 4 is 27.9 Å². The Morgan fingerprint density at radius 1 is 1.47 bits per heavy atom. The van der Waals surface area contributed by atoms with Crippen molar-refractivity contribution in [1.29, 1.82) is 0 Å². The van der Waals surface area contributed by atoms with Gasteiger partial charge in [0.15, 0.2) is 6.29 Å². The molecular weight excluding hydrogens is 278 g/mol. The molecule has 0 saturated heterocycles. The third-order valence-corrected chi connectivity index (χ3v) is 3.66. The number of aldehydes is 1. The molecule has 1 aromatic carbocycles. The van der Waals surface area contributed by atoms with Crippen LogP contribution in [0.3, 0.4) is 0 Å². The highest BCUT2D eigenvalue weighted by Gasteiger charge is 2.29. The molecule has 0 aliphatic heterocycles. The van der Waals surface area contributed by atoms with E-state index in [9.17, 15) is 4.79 Å². The minimum Gasteiger partial charge on any atom is -0.368 e. The maximum absolute atomic E-state index is 11.1. The van der Waals surface area contributed by atoms with Gasteiger partial charge in [-0.1, -0.05) is 29.3 Å². The Morgan fingerprint density at radius 2 is 2.24 bits per heavy atom. The first-order valence-electron chi connectivity index (χ1n) is 6.27. The van der Waals surface area contributed by atoms with Gasteiger partial charge in [-0.05, 0) is 37.5 Å². The van der Waals surface area contributed by atoms with E-state index in [2.05, 4.69) is 33.8 Å². The SMILES string of the molecule is CCCCN(c1cc(Br)ccc1C=O)C1CC1. The number of hydrogen-bond donors (Lipinski definition) is 0. The molecule has 0 N–H and O–H groups in total. The van der Waals surface area contributed by atoms with Crippen molar-refractivity contribution in [3.8, 4) is 0 Å². The van der Waals surface area contributed by atoms with E-state index in [4.69, 9.17) is 0 Å². The fourth-order valence-corrected chi connectivity index (χ4v) is 2.43. The number of anilines is 1. The predicted octanol–water partition coefficient (Wildman–Crippen LogP) is 4.03. The number of hydrogen-bond acceptors (Lipinski definition) is 2. The first kappa shape index (κ1) is 12.6. The second-order valence-electron chi connectivity index (χ2n) is 4.60. The monoisotopic (exact) mass is 295 g/mol. The maximum Gasteiger partial charge on any atom is 0.152 e. The van der Waals surface area contributed by atoms with E-state index in [0.717, 1.165) is 28.6 Å². The van der Waals surface area contributed by atoms with Gasteiger partial charge < -0.3 is 4.90 Å². The van der Waals surface area contributed by atoms with Gasteiger partial charge >= 0.3 is 0 Å². The summed E-state index contributed by atoms with van der Waals surface area (Å²) in [6.07, 6.45) is 5.85. The van der Waals surface area contributed by atoms with Crippen LogP contribution in [0, 0.1) is 0 Å². The van der Waals surface area contributed by atoms with Crippen LogP contribution in [-0.2, 0) is 0 Å². The molecule has 17 heavy (non-hydrogen) atoms. The Labute approximate surface area is 111 Å². The van der Waals surface area contributed by atoms with E-state index in [-0.39, 0.29) is 0 Å². The molecule has 1 aliphatic rings. The van der Waals surface area contributed by atoms with Crippen LogP contribution in [-0.4, -0.2) is 18.9 Å². The highest BCUT2D eigenvalue weighted by molar-refractivity contribution is 9.10. The van der Waals surface area contributed by atoms with Crippen molar-refractivity contribution in [3.63, 3.8) is 0 Å². The summed E-state index contributed by atoms with van der Waals surface area (Å²) in [4.78, 5) is 13.5. The van der Waals surface area contributed by atoms with Crippen molar-refractivity contribution in [1.82, 2.24) is 0 Å². The molecule has 1 aliphatic carbocycles. The van der Waals surface area contributed by atoms with Crippen LogP contribution in [0.2, 0.25) is 0 Å². The second-order valence-corrected chi connectivity index (χ2v) is 5.51. The molecule has 1 saturated carbocycles. The van der Waals surface area contributed by atoms with Crippen molar-refractivity contribution in [3.05, 3.63) is 28.2 Å². The van der Waals surface area contributed by atoms with Crippen LogP contribution in [0.25, 0.3) is 0 Å². The lowest BCUT2D eigenvalue weighted by Crippen LogP contribution is -2.27. The third-order valence-electron chi connectivity index (χ3n) is 3.17. The zero-order valence-corrected chi connectivity index (χ0v) is 11.7. The number of nitrogens with zero attached hydrogens (tertiary/aromatic N) is 1. The van der Waals surface area contributed by atoms with Crippen LogP contribution < -0.4 is 4.90 Å². The van der Waals surface area contributed by atoms with E-state index >= 15 is 0 Å². The fourth-order valence-electron chi connectivity index (χ4n) is 2.08. The number of carbonyl (C=O) groups is 1. The van der Waals surface area contributed by atoms with Gasteiger partial charge in [0.1, 0.15) is 0 Å². The second kappa shape index (κ2) is 5.67. The first-order chi connectivity index (χ1) is 8.26. The van der Waals surface area contributed by atoms with E-state index in [0.29, 0.717) is 6.04 Å². The van der Waals surface area contributed by atoms with Crippen molar-refractivity contribution in [2.24, 2.45) is 0 Å². The number of rotatable bonds is 6. The van der Waals surface area contributed by atoms with Crippen molar-refractivity contribution in [2.75, 3.05) is 11.4 Å². The lowest BCUT2D eigenvalue weighted by molar-refractivity contribution is 0.112. The minimum atomic E-state index is 0.648. The Kier molecular flexibility index (Phi) is 4.21. The largest absolute Gasteiger partial charge is 0.368 e. The molecule has 0 bridgehead atoms. The van der Waals surface area contributed by atoms with Gasteiger partial charge in [0, 0.05) is 28.3 Å². The van der Waals surface area contributed by atoms with Crippen LogP contribution >= 0.6 is 15.9 Å². The van der Waals surface area contributed by atoms with Crippen LogP contribution in [0.4, 0.5) is 5.69 Å². The Balaban J connectivity index is 2.26. The molecule has 0 radical (unpaired) electrons. The summed E-state index contributed by atoms with van der Waals surface area (Å²) in [6, 6.07) is 6.54. The Bertz CT molecular complexity index is 401. The van der Waals surface area contributed by atoms with Gasteiger partial charge in [0.2, 0.25) is 0 Å². The number of carbonyl (C=O) groups excluding carboxylic acids is 1. The summed E-state index contributed by atoms with van der Waals surface area (Å²) in [5.74, 6) is 0. The highest BCUT2D eigenvalue weighted by atomic mass is 79.9. The maximum atomic E-state index is 11.1. The van der Waals surface area contributed by atoms with Gasteiger partial charge in [0.25, 0.3) is 0 Å². The van der Waals surface area contributed by atoms with E-state index in [1.807, 2.05) is 12.1 Å². The van der Waals surface area contributed by atoms with Crippen molar-refractivity contribution in [2.45, 2.75) is 38.6 Å². The minimum absolute atomic E-state index is 0.648. The first-order valence-corrected chi connectivity index (χ1v) is 7.07. The van der Waals surface area contributed by atoms with Gasteiger partial charge in [-0.15, -0.1) is 0 Å². The third kappa shape index (κ3) is 3.09. The van der Waals surface area contributed by atoms with E-state index in [1.54, 1.807) is 0 Å². The summed E-state index contributed by atoms with van der Waals surface area (Å²) in [7, 11) is 0. The van der Waals surface area contributed by atoms with E-state index < -0.39 is 0 Å². The number of benzene rings is 1. The topological polar surface area (TPSA) is 20.3 Å². The fraction of sp³-hybridized carbons (Fsp3) is 0.500. The van der Waals surface area contributed by atoms with Gasteiger partial charge in [-0.2, -0.15) is 0 Å². The standard InChI is InChI=1S/C14H18BrNO/c1-2-3-8-16(13-6-7-13)14-9-12(15)5-4-11(14)10-17/h4-5,9-10,13H,2-3,6-8H2,1H3. The molecule has 0 atom stereocenters. The molecule has 0 spiro atoms. The molecule has 2 nitrogen and oxygen atoms in total. The Hall–Kier alpha value is -0.830. The van der Waals surface area contributed by atoms with Gasteiger partial charge in [-0.25, -0.2) is 0 Å². The predicted molar refractivity (Wildman–Crippen MR) is 74.8 cm³/mol. The quantitative estimate of drug-likeness (QED) is 0.739. The lowest BCUT2D eigenvalue weighted by atomic mass is 10.1. The zero-order valence-electron chi connectivity index (χ0n) is 10.2. The average Bonchev–Trinajstić information content (AvgIpc) is 3.14. The average molecular weight is 296 g/mol. The molecule has 0 aromatic heterocycles. The highest BCUT2D eigenvalue weighted by Crippen LogP contribution is 2.34. The molecule has 1 fully saturated rings. The molecule has 0 unspecified atom stereocenters. The zero-order chi connectivity index (χ0) is 12.3. The normalized spacial score (nSPS) is 14.7. The summed E-state index contributed by atoms with van der Waals surface area (Å²) in [5.41, 5.74) is 1.89. The smallest absolute Gasteiger partial charge is 0.152 e. The summed E-state index contributed by atoms with van der Waals surface area (Å²) >= 11 is 3.49. The molecular formula is C14H18BrNO. The van der Waals surface area contributed by atoms with E-state index in [1.165, 1.54) is 25.7 Å². The molecule has 0 amide bonds. The van der Waals surface area contributed by atoms with Crippen LogP contribution in [0.1, 0.15) is 43.0 Å². The summed E-state index contributed by atoms with van der Waals surface area (Å²) in [5, 5.41) is 0. The molecule has 92 valence electrons. The molecule has 1 aromatic rings. The van der Waals surface area contributed by atoms with Gasteiger partial charge in [0.05, 0.1) is 0 Å². The summed E-state index contributed by atoms with van der Waals surface area (Å²) < 4.78 is 1.04. The van der Waals surface area contributed by atoms with Crippen LogP contribution in [0.5, 0.6) is 0 Å².